The third-order valence-corrected chi connectivity index (χ3v) is 4.45. The molecule has 1 heterocycles. The van der Waals surface area contributed by atoms with Crippen molar-refractivity contribution < 1.29 is 0 Å². The molecule has 0 atom stereocenters. The number of hydrogen-bond donors (Lipinski definition) is 0. The number of benzene rings is 2. The van der Waals surface area contributed by atoms with Crippen LogP contribution in [0.15, 0.2) is 53.5 Å². The number of allylic oxidation sites excluding steroid dienone is 1. The van der Waals surface area contributed by atoms with E-state index in [1.807, 2.05) is 49.5 Å². The Morgan fingerprint density at radius 2 is 1.77 bits per heavy atom. The fourth-order valence-corrected chi connectivity index (χ4v) is 2.81. The molecular weight excluding hydrogens is 339 g/mol. The van der Waals surface area contributed by atoms with E-state index in [0.29, 0.717) is 21.7 Å². The molecule has 0 unspecified atom stereocenters. The van der Waals surface area contributed by atoms with E-state index in [4.69, 9.17) is 34.8 Å². The summed E-state index contributed by atoms with van der Waals surface area (Å²) in [6.45, 7) is 0.577. The minimum absolute atomic E-state index is 0.542. The molecule has 0 bridgehead atoms. The molecule has 0 fully saturated rings. The largest absolute Gasteiger partial charge is 0.355 e. The van der Waals surface area contributed by atoms with Gasteiger partial charge >= 0.3 is 0 Å². The van der Waals surface area contributed by atoms with Gasteiger partial charge in [0, 0.05) is 23.3 Å². The van der Waals surface area contributed by atoms with Crippen LogP contribution in [0.4, 0.5) is 0 Å². The Bertz CT molecular complexity index is 781. The van der Waals surface area contributed by atoms with Crippen molar-refractivity contribution in [2.75, 3.05) is 13.7 Å². The molecule has 22 heavy (non-hydrogen) atoms. The lowest BCUT2D eigenvalue weighted by molar-refractivity contribution is 0.493. The summed E-state index contributed by atoms with van der Waals surface area (Å²) in [5.74, 6) is 0. The predicted molar refractivity (Wildman–Crippen MR) is 95.1 cm³/mol. The molecule has 1 aliphatic rings. The third kappa shape index (κ3) is 3.14. The van der Waals surface area contributed by atoms with Gasteiger partial charge in [-0.1, -0.05) is 53.0 Å². The maximum atomic E-state index is 6.13. The van der Waals surface area contributed by atoms with Crippen LogP contribution >= 0.6 is 34.8 Å². The monoisotopic (exact) mass is 350 g/mol. The summed E-state index contributed by atoms with van der Waals surface area (Å²) in [5.41, 5.74) is 3.95. The fourth-order valence-electron chi connectivity index (χ4n) is 2.33. The van der Waals surface area contributed by atoms with Gasteiger partial charge < -0.3 is 4.90 Å². The van der Waals surface area contributed by atoms with Crippen LogP contribution in [0.1, 0.15) is 11.1 Å². The summed E-state index contributed by atoms with van der Waals surface area (Å²) < 4.78 is 0. The second-order valence-electron chi connectivity index (χ2n) is 5.05. The zero-order chi connectivity index (χ0) is 15.7. The zero-order valence-electron chi connectivity index (χ0n) is 11.9. The molecule has 0 N–H and O–H groups in total. The van der Waals surface area contributed by atoms with Gasteiger partial charge in [0.15, 0.2) is 0 Å². The molecule has 0 radical (unpaired) electrons. The first-order chi connectivity index (χ1) is 10.5. The molecule has 0 saturated heterocycles. The molecule has 112 valence electrons. The highest BCUT2D eigenvalue weighted by Gasteiger charge is 2.15. The van der Waals surface area contributed by atoms with Crippen LogP contribution in [0.2, 0.25) is 15.1 Å². The summed E-state index contributed by atoms with van der Waals surface area (Å²) in [6.07, 6.45) is 2.04. The first-order valence-electron chi connectivity index (χ1n) is 6.73. The lowest BCUT2D eigenvalue weighted by Gasteiger charge is -2.25. The van der Waals surface area contributed by atoms with Gasteiger partial charge in [-0.25, -0.2) is 0 Å². The molecule has 2 aromatic carbocycles. The van der Waals surface area contributed by atoms with Crippen LogP contribution < -0.4 is 0 Å². The highest BCUT2D eigenvalue weighted by atomic mass is 35.5. The summed E-state index contributed by atoms with van der Waals surface area (Å²) in [6, 6.07) is 13.3. The first-order valence-corrected chi connectivity index (χ1v) is 7.86. The van der Waals surface area contributed by atoms with Gasteiger partial charge in [0.1, 0.15) is 6.67 Å². The molecule has 2 nitrogen and oxygen atoms in total. The lowest BCUT2D eigenvalue weighted by Crippen LogP contribution is -2.23. The average molecular weight is 352 g/mol. The Morgan fingerprint density at radius 3 is 2.50 bits per heavy atom. The van der Waals surface area contributed by atoms with Crippen LogP contribution in [-0.2, 0) is 0 Å². The molecule has 0 aliphatic carbocycles. The Balaban J connectivity index is 2.02. The van der Waals surface area contributed by atoms with Crippen molar-refractivity contribution in [1.29, 1.82) is 0 Å². The fraction of sp³-hybridized carbons (Fsp3) is 0.118. The predicted octanol–water partition coefficient (Wildman–Crippen LogP) is 5.38. The smallest absolute Gasteiger partial charge is 0.110 e. The van der Waals surface area contributed by atoms with Gasteiger partial charge in [-0.3, -0.25) is 4.99 Å². The molecule has 5 heteroatoms. The summed E-state index contributed by atoms with van der Waals surface area (Å²) >= 11 is 18.2. The van der Waals surface area contributed by atoms with Gasteiger partial charge in [0.2, 0.25) is 0 Å². The van der Waals surface area contributed by atoms with E-state index < -0.39 is 0 Å². The van der Waals surface area contributed by atoms with E-state index in [2.05, 4.69) is 9.89 Å². The molecule has 3 rings (SSSR count). The number of aliphatic imine (C=N–C) groups is 1. The number of rotatable bonds is 2. The molecule has 0 amide bonds. The normalized spacial score (nSPS) is 14.6. The van der Waals surface area contributed by atoms with Crippen LogP contribution in [0.5, 0.6) is 0 Å². The van der Waals surface area contributed by atoms with Crippen molar-refractivity contribution in [3.8, 4) is 0 Å². The minimum Gasteiger partial charge on any atom is -0.355 e. The van der Waals surface area contributed by atoms with Crippen molar-refractivity contribution in [3.05, 3.63) is 74.7 Å². The average Bonchev–Trinajstić information content (AvgIpc) is 2.51. The third-order valence-electron chi connectivity index (χ3n) is 3.47. The molecule has 0 saturated carbocycles. The summed E-state index contributed by atoms with van der Waals surface area (Å²) in [5, 5.41) is 1.79. The highest BCUT2D eigenvalue weighted by molar-refractivity contribution is 6.42. The maximum absolute atomic E-state index is 6.13. The first kappa shape index (κ1) is 15.4. The van der Waals surface area contributed by atoms with Crippen LogP contribution in [-0.4, -0.2) is 24.3 Å². The minimum atomic E-state index is 0.542. The maximum Gasteiger partial charge on any atom is 0.110 e. The van der Waals surface area contributed by atoms with Crippen LogP contribution in [0.3, 0.4) is 0 Å². The van der Waals surface area contributed by atoms with E-state index in [1.54, 1.807) is 6.07 Å². The number of halogens is 3. The van der Waals surface area contributed by atoms with Gasteiger partial charge in [0.25, 0.3) is 0 Å². The van der Waals surface area contributed by atoms with Gasteiger partial charge in [0.05, 0.1) is 15.8 Å². The van der Waals surface area contributed by atoms with Crippen molar-refractivity contribution in [1.82, 2.24) is 4.90 Å². The van der Waals surface area contributed by atoms with Crippen LogP contribution in [0, 0.1) is 0 Å². The molecule has 2 aromatic rings. The Hall–Kier alpha value is -1.48. The quantitative estimate of drug-likeness (QED) is 0.709. The van der Waals surface area contributed by atoms with Gasteiger partial charge in [-0.15, -0.1) is 0 Å². The van der Waals surface area contributed by atoms with Crippen molar-refractivity contribution in [3.63, 3.8) is 0 Å². The van der Waals surface area contributed by atoms with E-state index in [9.17, 15) is 0 Å². The molecule has 1 aliphatic heterocycles. The number of hydrogen-bond acceptors (Lipinski definition) is 2. The van der Waals surface area contributed by atoms with E-state index in [-0.39, 0.29) is 0 Å². The highest BCUT2D eigenvalue weighted by Crippen LogP contribution is 2.29. The van der Waals surface area contributed by atoms with Crippen molar-refractivity contribution >= 4 is 46.2 Å². The molecule has 0 aromatic heterocycles. The Morgan fingerprint density at radius 1 is 0.955 bits per heavy atom. The SMILES string of the molecule is CN1CN=C(c2cccc(Cl)c2)C=C1c1ccc(Cl)c(Cl)c1. The van der Waals surface area contributed by atoms with E-state index in [1.165, 1.54) is 0 Å². The van der Waals surface area contributed by atoms with Crippen molar-refractivity contribution in [2.45, 2.75) is 0 Å². The molecular formula is C17H13Cl3N2. The van der Waals surface area contributed by atoms with Crippen LogP contribution in [0.25, 0.3) is 5.70 Å². The topological polar surface area (TPSA) is 15.6 Å². The van der Waals surface area contributed by atoms with E-state index >= 15 is 0 Å². The van der Waals surface area contributed by atoms with E-state index in [0.717, 1.165) is 22.5 Å². The Kier molecular flexibility index (Phi) is 4.44. The lowest BCUT2D eigenvalue weighted by atomic mass is 10.0. The summed E-state index contributed by atoms with van der Waals surface area (Å²) in [4.78, 5) is 6.65. The number of nitrogens with zero attached hydrogens (tertiary/aromatic N) is 2. The van der Waals surface area contributed by atoms with Gasteiger partial charge in [-0.05, 0) is 35.9 Å². The van der Waals surface area contributed by atoms with Crippen molar-refractivity contribution in [2.24, 2.45) is 4.99 Å². The second-order valence-corrected chi connectivity index (χ2v) is 6.30. The molecule has 0 spiro atoms. The standard InChI is InChI=1S/C17H13Cl3N2/c1-22-10-21-16(11-3-2-4-13(18)7-11)9-17(22)12-5-6-14(19)15(20)8-12/h2-9H,10H2,1H3. The zero-order valence-corrected chi connectivity index (χ0v) is 14.1. The second kappa shape index (κ2) is 6.33. The summed E-state index contributed by atoms with van der Waals surface area (Å²) in [7, 11) is 1.99. The Labute approximate surface area is 144 Å². The van der Waals surface area contributed by atoms with Gasteiger partial charge in [-0.2, -0.15) is 0 Å².